The Morgan fingerprint density at radius 1 is 0.871 bits per heavy atom. The van der Waals surface area contributed by atoms with E-state index < -0.39 is 11.5 Å². The van der Waals surface area contributed by atoms with Crippen LogP contribution in [0, 0.1) is 0 Å². The van der Waals surface area contributed by atoms with Gasteiger partial charge < -0.3 is 9.52 Å². The second-order valence-electron chi connectivity index (χ2n) is 6.85. The number of benzene rings is 3. The Morgan fingerprint density at radius 2 is 1.45 bits per heavy atom. The molecule has 3 aromatic carbocycles. The number of nitrogens with zero attached hydrogens (tertiary/aromatic N) is 1. The third-order valence-corrected chi connectivity index (χ3v) is 5.35. The number of halogens is 1. The van der Waals surface area contributed by atoms with E-state index in [0.29, 0.717) is 22.6 Å². The highest BCUT2D eigenvalue weighted by Gasteiger charge is 2.39. The first kappa shape index (κ1) is 20.8. The van der Waals surface area contributed by atoms with Gasteiger partial charge in [0.1, 0.15) is 11.5 Å². The monoisotopic (exact) mass is 474 g/mol. The van der Waals surface area contributed by atoms with Gasteiger partial charge in [-0.1, -0.05) is 88.7 Å². The van der Waals surface area contributed by atoms with Gasteiger partial charge in [-0.05, 0) is 35.4 Å². The molecule has 0 unspecified atom stereocenters. The average molecular weight is 475 g/mol. The number of nitrogens with one attached hydrogen (secondary N) is 1. The molecule has 0 radical (unpaired) electrons. The lowest BCUT2D eigenvalue weighted by Crippen LogP contribution is -2.43. The maximum Gasteiger partial charge on any atom is 0.281 e. The minimum atomic E-state index is -1.88. The Bertz CT molecular complexity index is 1150. The van der Waals surface area contributed by atoms with Gasteiger partial charge in [0.25, 0.3) is 5.91 Å². The second-order valence-corrected chi connectivity index (χ2v) is 7.77. The fraction of sp³-hybridized carbons (Fsp3) is 0.0400. The van der Waals surface area contributed by atoms with Crippen molar-refractivity contribution in [1.82, 2.24) is 5.43 Å². The molecule has 31 heavy (non-hydrogen) atoms. The van der Waals surface area contributed by atoms with Gasteiger partial charge in [0, 0.05) is 10.0 Å². The Labute approximate surface area is 188 Å². The molecule has 4 rings (SSSR count). The number of hydrogen-bond donors (Lipinski definition) is 2. The zero-order valence-corrected chi connectivity index (χ0v) is 18.0. The molecule has 1 aromatic heterocycles. The minimum absolute atomic E-state index is 0.449. The van der Waals surface area contributed by atoms with Crippen LogP contribution in [0.15, 0.2) is 111 Å². The Balaban J connectivity index is 1.54. The summed E-state index contributed by atoms with van der Waals surface area (Å²) in [7, 11) is 0. The van der Waals surface area contributed by atoms with Crippen LogP contribution in [0.1, 0.15) is 16.9 Å². The molecule has 0 aliphatic heterocycles. The highest BCUT2D eigenvalue weighted by atomic mass is 79.9. The number of carbonyl (C=O) groups is 1. The predicted molar refractivity (Wildman–Crippen MR) is 123 cm³/mol. The summed E-state index contributed by atoms with van der Waals surface area (Å²) < 4.78 is 6.75. The van der Waals surface area contributed by atoms with Gasteiger partial charge in [0.15, 0.2) is 5.60 Å². The van der Waals surface area contributed by atoms with E-state index in [2.05, 4.69) is 26.5 Å². The molecular formula is C25H19BrN2O3. The fourth-order valence-electron chi connectivity index (χ4n) is 3.21. The second kappa shape index (κ2) is 9.12. The van der Waals surface area contributed by atoms with E-state index in [1.54, 1.807) is 54.6 Å². The summed E-state index contributed by atoms with van der Waals surface area (Å²) in [5.74, 6) is 0.493. The van der Waals surface area contributed by atoms with Crippen molar-refractivity contribution in [2.75, 3.05) is 0 Å². The van der Waals surface area contributed by atoms with Crippen LogP contribution >= 0.6 is 15.9 Å². The summed E-state index contributed by atoms with van der Waals surface area (Å²) in [5.41, 5.74) is 2.38. The van der Waals surface area contributed by atoms with Crippen LogP contribution < -0.4 is 5.43 Å². The Morgan fingerprint density at radius 3 is 2.03 bits per heavy atom. The number of carbonyl (C=O) groups excluding carboxylic acids is 1. The molecule has 6 heteroatoms. The van der Waals surface area contributed by atoms with Gasteiger partial charge in [-0.3, -0.25) is 4.79 Å². The third kappa shape index (κ3) is 4.50. The summed E-state index contributed by atoms with van der Waals surface area (Å²) in [4.78, 5) is 13.0. The molecule has 0 spiro atoms. The van der Waals surface area contributed by atoms with Crippen LogP contribution in [0.4, 0.5) is 0 Å². The maximum atomic E-state index is 13.0. The van der Waals surface area contributed by atoms with E-state index in [9.17, 15) is 9.90 Å². The molecular weight excluding hydrogens is 456 g/mol. The van der Waals surface area contributed by atoms with Gasteiger partial charge >= 0.3 is 0 Å². The molecule has 0 atom stereocenters. The summed E-state index contributed by atoms with van der Waals surface area (Å²) in [6.07, 6.45) is 1.40. The molecule has 0 saturated heterocycles. The highest BCUT2D eigenvalue weighted by molar-refractivity contribution is 9.10. The molecule has 2 N–H and O–H groups in total. The van der Waals surface area contributed by atoms with Crippen LogP contribution in [-0.4, -0.2) is 17.2 Å². The van der Waals surface area contributed by atoms with Crippen LogP contribution in [0.2, 0.25) is 0 Å². The largest absolute Gasteiger partial charge is 0.455 e. The molecule has 0 saturated carbocycles. The normalized spacial score (nSPS) is 11.5. The third-order valence-electron chi connectivity index (χ3n) is 4.83. The van der Waals surface area contributed by atoms with Gasteiger partial charge in [-0.2, -0.15) is 5.10 Å². The van der Waals surface area contributed by atoms with Crippen molar-refractivity contribution < 1.29 is 14.3 Å². The lowest BCUT2D eigenvalue weighted by atomic mass is 9.85. The van der Waals surface area contributed by atoms with Gasteiger partial charge in [-0.15, -0.1) is 0 Å². The van der Waals surface area contributed by atoms with E-state index in [0.717, 1.165) is 10.0 Å². The lowest BCUT2D eigenvalue weighted by Gasteiger charge is -2.26. The molecule has 4 aromatic rings. The van der Waals surface area contributed by atoms with E-state index in [-0.39, 0.29) is 0 Å². The van der Waals surface area contributed by atoms with Crippen LogP contribution in [0.3, 0.4) is 0 Å². The van der Waals surface area contributed by atoms with E-state index in [4.69, 9.17) is 4.42 Å². The first-order valence-corrected chi connectivity index (χ1v) is 10.4. The Kier molecular flexibility index (Phi) is 6.11. The molecule has 1 amide bonds. The smallest absolute Gasteiger partial charge is 0.281 e. The maximum absolute atomic E-state index is 13.0. The summed E-state index contributed by atoms with van der Waals surface area (Å²) in [5, 5.41) is 15.4. The SMILES string of the molecule is O=C(NN=Cc1ccc(-c2ccc(Br)cc2)o1)C(O)(c1ccccc1)c1ccccc1. The molecule has 154 valence electrons. The topological polar surface area (TPSA) is 74.8 Å². The molecule has 1 heterocycles. The molecule has 0 aliphatic rings. The minimum Gasteiger partial charge on any atom is -0.455 e. The summed E-state index contributed by atoms with van der Waals surface area (Å²) in [6, 6.07) is 28.9. The summed E-state index contributed by atoms with van der Waals surface area (Å²) >= 11 is 3.41. The zero-order chi connectivity index (χ0) is 21.7. The standard InChI is InChI=1S/C25H19BrN2O3/c26-21-13-11-18(12-14-21)23-16-15-22(31-23)17-27-28-24(29)25(30,19-7-3-1-4-8-19)20-9-5-2-6-10-20/h1-17,30H,(H,28,29). The number of aliphatic hydroxyl groups is 1. The Hall–Kier alpha value is -3.48. The van der Waals surface area contributed by atoms with Crippen molar-refractivity contribution in [1.29, 1.82) is 0 Å². The first-order chi connectivity index (χ1) is 15.1. The van der Waals surface area contributed by atoms with E-state index >= 15 is 0 Å². The van der Waals surface area contributed by atoms with Crippen molar-refractivity contribution in [2.45, 2.75) is 5.60 Å². The van der Waals surface area contributed by atoms with E-state index in [1.165, 1.54) is 6.21 Å². The summed E-state index contributed by atoms with van der Waals surface area (Å²) in [6.45, 7) is 0. The van der Waals surface area contributed by atoms with Crippen molar-refractivity contribution >= 4 is 28.1 Å². The predicted octanol–water partition coefficient (Wildman–Crippen LogP) is 5.10. The number of rotatable bonds is 6. The van der Waals surface area contributed by atoms with Crippen LogP contribution in [-0.2, 0) is 10.4 Å². The fourth-order valence-corrected chi connectivity index (χ4v) is 3.48. The first-order valence-electron chi connectivity index (χ1n) is 9.60. The molecule has 0 bridgehead atoms. The number of hydrogen-bond acceptors (Lipinski definition) is 4. The zero-order valence-electron chi connectivity index (χ0n) is 16.4. The molecule has 5 nitrogen and oxygen atoms in total. The van der Waals surface area contributed by atoms with Crippen molar-refractivity contribution in [3.05, 3.63) is 118 Å². The van der Waals surface area contributed by atoms with Gasteiger partial charge in [0.2, 0.25) is 0 Å². The number of amides is 1. The average Bonchev–Trinajstić information content (AvgIpc) is 3.29. The van der Waals surface area contributed by atoms with Crippen molar-refractivity contribution in [2.24, 2.45) is 5.10 Å². The van der Waals surface area contributed by atoms with Crippen LogP contribution in [0.5, 0.6) is 0 Å². The quantitative estimate of drug-likeness (QED) is 0.301. The van der Waals surface area contributed by atoms with Crippen LogP contribution in [0.25, 0.3) is 11.3 Å². The van der Waals surface area contributed by atoms with Crippen molar-refractivity contribution in [3.63, 3.8) is 0 Å². The highest BCUT2D eigenvalue weighted by Crippen LogP contribution is 2.30. The number of furan rings is 1. The van der Waals surface area contributed by atoms with Crippen molar-refractivity contribution in [3.8, 4) is 11.3 Å². The van der Waals surface area contributed by atoms with Gasteiger partial charge in [0.05, 0.1) is 6.21 Å². The number of hydrazone groups is 1. The molecule has 0 fully saturated rings. The van der Waals surface area contributed by atoms with Gasteiger partial charge in [-0.25, -0.2) is 5.43 Å². The lowest BCUT2D eigenvalue weighted by molar-refractivity contribution is -0.136. The molecule has 0 aliphatic carbocycles. The van der Waals surface area contributed by atoms with E-state index in [1.807, 2.05) is 42.5 Å².